The number of rotatable bonds is 4. The Morgan fingerprint density at radius 1 is 1.05 bits per heavy atom. The maximum absolute atomic E-state index is 5.98. The molecular formula is C14H12ClN5. The van der Waals surface area contributed by atoms with Gasteiger partial charge in [0.05, 0.1) is 5.69 Å². The lowest BCUT2D eigenvalue weighted by molar-refractivity contribution is 0.863. The molecule has 3 rings (SSSR count). The molecule has 0 aliphatic rings. The van der Waals surface area contributed by atoms with E-state index in [4.69, 9.17) is 11.6 Å². The third-order valence-electron chi connectivity index (χ3n) is 2.84. The normalized spacial score (nSPS) is 10.4. The largest absolute Gasteiger partial charge is 0.363 e. The van der Waals surface area contributed by atoms with Gasteiger partial charge in [-0.25, -0.2) is 14.6 Å². The second-order valence-corrected chi connectivity index (χ2v) is 4.49. The summed E-state index contributed by atoms with van der Waals surface area (Å²) >= 11 is 5.98. The number of benzene rings is 1. The molecule has 0 aliphatic carbocycles. The fourth-order valence-electron chi connectivity index (χ4n) is 1.91. The number of para-hydroxylation sites is 1. The summed E-state index contributed by atoms with van der Waals surface area (Å²) in [5.74, 6) is 0.574. The van der Waals surface area contributed by atoms with Crippen LogP contribution in [0.5, 0.6) is 0 Å². The second-order valence-electron chi connectivity index (χ2n) is 4.13. The van der Waals surface area contributed by atoms with E-state index in [9.17, 15) is 0 Å². The quantitative estimate of drug-likeness (QED) is 0.801. The number of halogens is 1. The molecule has 2 aromatic heterocycles. The summed E-state index contributed by atoms with van der Waals surface area (Å²) in [7, 11) is 0. The maximum Gasteiger partial charge on any atom is 0.171 e. The Kier molecular flexibility index (Phi) is 3.60. The summed E-state index contributed by atoms with van der Waals surface area (Å²) in [6.45, 7) is 0.592. The minimum Gasteiger partial charge on any atom is -0.363 e. The fourth-order valence-corrected chi connectivity index (χ4v) is 2.09. The summed E-state index contributed by atoms with van der Waals surface area (Å²) in [5, 5.41) is 7.80. The Morgan fingerprint density at radius 2 is 1.90 bits per heavy atom. The average Bonchev–Trinajstić information content (AvgIpc) is 3.01. The predicted molar refractivity (Wildman–Crippen MR) is 77.9 cm³/mol. The molecule has 20 heavy (non-hydrogen) atoms. The highest BCUT2D eigenvalue weighted by atomic mass is 35.5. The first-order valence-electron chi connectivity index (χ1n) is 6.13. The average molecular weight is 286 g/mol. The molecule has 0 fully saturated rings. The third-order valence-corrected chi connectivity index (χ3v) is 3.12. The molecule has 0 radical (unpaired) electrons. The van der Waals surface area contributed by atoms with Crippen LogP contribution in [0.4, 0.5) is 5.82 Å². The van der Waals surface area contributed by atoms with Gasteiger partial charge in [-0.3, -0.25) is 0 Å². The smallest absolute Gasteiger partial charge is 0.171 e. The zero-order valence-corrected chi connectivity index (χ0v) is 11.3. The first kappa shape index (κ1) is 12.6. The summed E-state index contributed by atoms with van der Waals surface area (Å²) in [6, 6.07) is 9.92. The number of anilines is 1. The van der Waals surface area contributed by atoms with Crippen LogP contribution in [0, 0.1) is 0 Å². The highest BCUT2D eigenvalue weighted by Gasteiger charge is 2.06. The molecule has 6 heteroatoms. The van der Waals surface area contributed by atoms with Gasteiger partial charge >= 0.3 is 0 Å². The molecule has 0 unspecified atom stereocenters. The third kappa shape index (κ3) is 2.62. The minimum atomic E-state index is 0.365. The van der Waals surface area contributed by atoms with Gasteiger partial charge in [-0.15, -0.1) is 0 Å². The summed E-state index contributed by atoms with van der Waals surface area (Å²) in [6.07, 6.45) is 6.83. The van der Waals surface area contributed by atoms with Crippen molar-refractivity contribution in [1.29, 1.82) is 0 Å². The van der Waals surface area contributed by atoms with Gasteiger partial charge in [0.15, 0.2) is 11.0 Å². The highest BCUT2D eigenvalue weighted by Crippen LogP contribution is 2.18. The van der Waals surface area contributed by atoms with E-state index >= 15 is 0 Å². The van der Waals surface area contributed by atoms with E-state index < -0.39 is 0 Å². The standard InChI is InChI=1S/C14H12ClN5/c15-13-14(17-8-7-16-13)18-10-11-4-1-2-5-12(11)20-9-3-6-19-20/h1-9H,10H2,(H,17,18). The molecule has 1 N–H and O–H groups in total. The van der Waals surface area contributed by atoms with Crippen molar-refractivity contribution in [2.75, 3.05) is 5.32 Å². The van der Waals surface area contributed by atoms with E-state index in [1.165, 1.54) is 0 Å². The molecule has 100 valence electrons. The maximum atomic E-state index is 5.98. The second kappa shape index (κ2) is 5.71. The van der Waals surface area contributed by atoms with Crippen molar-refractivity contribution in [3.63, 3.8) is 0 Å². The summed E-state index contributed by atoms with van der Waals surface area (Å²) in [5.41, 5.74) is 2.11. The van der Waals surface area contributed by atoms with E-state index in [-0.39, 0.29) is 0 Å². The van der Waals surface area contributed by atoms with Crippen molar-refractivity contribution in [3.8, 4) is 5.69 Å². The zero-order chi connectivity index (χ0) is 13.8. The molecule has 2 heterocycles. The van der Waals surface area contributed by atoms with Gasteiger partial charge in [0.1, 0.15) is 0 Å². The van der Waals surface area contributed by atoms with Crippen molar-refractivity contribution < 1.29 is 0 Å². The summed E-state index contributed by atoms with van der Waals surface area (Å²) in [4.78, 5) is 8.14. The van der Waals surface area contributed by atoms with Gasteiger partial charge in [-0.1, -0.05) is 29.8 Å². The molecule has 3 aromatic rings. The molecule has 0 amide bonds. The van der Waals surface area contributed by atoms with Gasteiger partial charge in [0, 0.05) is 31.3 Å². The van der Waals surface area contributed by atoms with Crippen molar-refractivity contribution in [2.45, 2.75) is 6.54 Å². The highest BCUT2D eigenvalue weighted by molar-refractivity contribution is 6.31. The molecule has 0 aliphatic heterocycles. The van der Waals surface area contributed by atoms with Gasteiger partial charge in [0.2, 0.25) is 0 Å². The lowest BCUT2D eigenvalue weighted by Gasteiger charge is -2.11. The van der Waals surface area contributed by atoms with Crippen molar-refractivity contribution in [2.24, 2.45) is 0 Å². The lowest BCUT2D eigenvalue weighted by atomic mass is 10.2. The van der Waals surface area contributed by atoms with Crippen LogP contribution >= 0.6 is 11.6 Å². The monoisotopic (exact) mass is 285 g/mol. The Morgan fingerprint density at radius 3 is 2.70 bits per heavy atom. The van der Waals surface area contributed by atoms with E-state index in [0.29, 0.717) is 17.5 Å². The first-order valence-corrected chi connectivity index (χ1v) is 6.51. The van der Waals surface area contributed by atoms with Gasteiger partial charge < -0.3 is 5.32 Å². The minimum absolute atomic E-state index is 0.365. The van der Waals surface area contributed by atoms with Crippen LogP contribution in [-0.2, 0) is 6.54 Å². The lowest BCUT2D eigenvalue weighted by Crippen LogP contribution is -2.07. The first-order chi connectivity index (χ1) is 9.84. The SMILES string of the molecule is Clc1nccnc1NCc1ccccc1-n1cccn1. The van der Waals surface area contributed by atoms with E-state index in [1.807, 2.05) is 41.2 Å². The van der Waals surface area contributed by atoms with Crippen LogP contribution < -0.4 is 5.32 Å². The van der Waals surface area contributed by atoms with Crippen LogP contribution in [0.3, 0.4) is 0 Å². The van der Waals surface area contributed by atoms with Crippen molar-refractivity contribution in [1.82, 2.24) is 19.7 Å². The molecule has 0 saturated carbocycles. The molecule has 0 saturated heterocycles. The number of nitrogens with one attached hydrogen (secondary N) is 1. The molecule has 5 nitrogen and oxygen atoms in total. The van der Waals surface area contributed by atoms with Gasteiger partial charge in [-0.05, 0) is 17.7 Å². The Balaban J connectivity index is 1.84. The Labute approximate surface area is 121 Å². The van der Waals surface area contributed by atoms with E-state index in [0.717, 1.165) is 11.3 Å². The fraction of sp³-hybridized carbons (Fsp3) is 0.0714. The van der Waals surface area contributed by atoms with Crippen molar-refractivity contribution in [3.05, 3.63) is 65.8 Å². The number of hydrogen-bond acceptors (Lipinski definition) is 4. The number of hydrogen-bond donors (Lipinski definition) is 1. The predicted octanol–water partition coefficient (Wildman–Crippen LogP) is 2.93. The molecule has 0 atom stereocenters. The van der Waals surface area contributed by atoms with Crippen LogP contribution in [0.25, 0.3) is 5.69 Å². The van der Waals surface area contributed by atoms with Gasteiger partial charge in [0.25, 0.3) is 0 Å². The van der Waals surface area contributed by atoms with Crippen LogP contribution in [0.1, 0.15) is 5.56 Å². The van der Waals surface area contributed by atoms with Crippen LogP contribution in [0.15, 0.2) is 55.1 Å². The number of nitrogens with zero attached hydrogens (tertiary/aromatic N) is 4. The Hall–Kier alpha value is -2.40. The van der Waals surface area contributed by atoms with Crippen molar-refractivity contribution >= 4 is 17.4 Å². The summed E-state index contributed by atoms with van der Waals surface area (Å²) < 4.78 is 1.83. The number of aromatic nitrogens is 4. The van der Waals surface area contributed by atoms with Crippen LogP contribution in [-0.4, -0.2) is 19.7 Å². The van der Waals surface area contributed by atoms with E-state index in [2.05, 4.69) is 20.4 Å². The topological polar surface area (TPSA) is 55.6 Å². The van der Waals surface area contributed by atoms with E-state index in [1.54, 1.807) is 18.6 Å². The molecular weight excluding hydrogens is 274 g/mol. The molecule has 0 bridgehead atoms. The molecule has 1 aromatic carbocycles. The zero-order valence-electron chi connectivity index (χ0n) is 10.6. The van der Waals surface area contributed by atoms with Crippen LogP contribution in [0.2, 0.25) is 5.15 Å². The Bertz CT molecular complexity index is 696. The molecule has 0 spiro atoms. The van der Waals surface area contributed by atoms with Gasteiger partial charge in [-0.2, -0.15) is 5.10 Å².